The van der Waals surface area contributed by atoms with Crippen LogP contribution in [0.15, 0.2) is 53.2 Å². The number of hydrogen-bond donors (Lipinski definition) is 2. The first-order valence-corrected chi connectivity index (χ1v) is 7.79. The SMILES string of the molecule is Cc1cc(Nc2ccc(C(=O)NCCc3ccc(F)cc3)nc2)no1. The molecule has 128 valence electrons. The van der Waals surface area contributed by atoms with Gasteiger partial charge in [0, 0.05) is 12.6 Å². The van der Waals surface area contributed by atoms with Gasteiger partial charge in [-0.05, 0) is 43.2 Å². The zero-order valence-electron chi connectivity index (χ0n) is 13.6. The molecule has 2 N–H and O–H groups in total. The molecule has 0 aliphatic rings. The molecule has 0 saturated heterocycles. The maximum atomic E-state index is 12.8. The fraction of sp³-hybridized carbons (Fsp3) is 0.167. The van der Waals surface area contributed by atoms with Gasteiger partial charge in [0.1, 0.15) is 17.3 Å². The summed E-state index contributed by atoms with van der Waals surface area (Å²) < 4.78 is 17.8. The highest BCUT2D eigenvalue weighted by Gasteiger charge is 2.07. The molecule has 0 aliphatic heterocycles. The zero-order valence-corrected chi connectivity index (χ0v) is 13.6. The molecule has 0 radical (unpaired) electrons. The fourth-order valence-electron chi connectivity index (χ4n) is 2.24. The lowest BCUT2D eigenvalue weighted by molar-refractivity contribution is 0.0949. The highest BCUT2D eigenvalue weighted by molar-refractivity contribution is 5.92. The molecule has 2 aromatic heterocycles. The maximum Gasteiger partial charge on any atom is 0.269 e. The quantitative estimate of drug-likeness (QED) is 0.720. The minimum Gasteiger partial charge on any atom is -0.360 e. The Morgan fingerprint density at radius 1 is 1.20 bits per heavy atom. The molecule has 0 fully saturated rings. The first kappa shape index (κ1) is 16.6. The van der Waals surface area contributed by atoms with Gasteiger partial charge in [-0.3, -0.25) is 4.79 Å². The van der Waals surface area contributed by atoms with Crippen LogP contribution in [0.1, 0.15) is 21.8 Å². The number of nitrogens with one attached hydrogen (secondary N) is 2. The Labute approximate surface area is 144 Å². The molecule has 1 aromatic carbocycles. The van der Waals surface area contributed by atoms with E-state index < -0.39 is 0 Å². The van der Waals surface area contributed by atoms with Crippen molar-refractivity contribution in [2.45, 2.75) is 13.3 Å². The molecule has 1 amide bonds. The molecule has 2 heterocycles. The van der Waals surface area contributed by atoms with E-state index in [4.69, 9.17) is 4.52 Å². The molecule has 0 atom stereocenters. The van der Waals surface area contributed by atoms with Gasteiger partial charge < -0.3 is 15.2 Å². The van der Waals surface area contributed by atoms with Gasteiger partial charge in [-0.25, -0.2) is 9.37 Å². The molecule has 0 aliphatic carbocycles. The second kappa shape index (κ2) is 7.57. The standard InChI is InChI=1S/C18H17FN4O2/c1-12-10-17(23-25-12)22-15-6-7-16(21-11-15)18(24)20-9-8-13-2-4-14(19)5-3-13/h2-7,10-11H,8-9H2,1H3,(H,20,24)(H,22,23). The van der Waals surface area contributed by atoms with Gasteiger partial charge in [-0.15, -0.1) is 0 Å². The van der Waals surface area contributed by atoms with Crippen molar-refractivity contribution >= 4 is 17.4 Å². The summed E-state index contributed by atoms with van der Waals surface area (Å²) in [5.74, 6) is 0.751. The van der Waals surface area contributed by atoms with E-state index in [2.05, 4.69) is 20.8 Å². The van der Waals surface area contributed by atoms with Gasteiger partial charge in [-0.2, -0.15) is 0 Å². The summed E-state index contributed by atoms with van der Waals surface area (Å²) in [6, 6.07) is 11.3. The van der Waals surface area contributed by atoms with Gasteiger partial charge >= 0.3 is 0 Å². The molecule has 0 bridgehead atoms. The van der Waals surface area contributed by atoms with Crippen LogP contribution in [0.5, 0.6) is 0 Å². The van der Waals surface area contributed by atoms with Gasteiger partial charge in [-0.1, -0.05) is 17.3 Å². The molecule has 3 aromatic rings. The molecular formula is C18H17FN4O2. The lowest BCUT2D eigenvalue weighted by Gasteiger charge is -2.06. The van der Waals surface area contributed by atoms with Crippen LogP contribution in [0.4, 0.5) is 15.9 Å². The van der Waals surface area contributed by atoms with E-state index in [1.165, 1.54) is 12.1 Å². The smallest absolute Gasteiger partial charge is 0.269 e. The minimum absolute atomic E-state index is 0.258. The predicted octanol–water partition coefficient (Wildman–Crippen LogP) is 3.23. The molecule has 7 heteroatoms. The average molecular weight is 340 g/mol. The second-order valence-corrected chi connectivity index (χ2v) is 5.51. The zero-order chi connectivity index (χ0) is 17.6. The largest absolute Gasteiger partial charge is 0.360 e. The Balaban J connectivity index is 1.51. The third kappa shape index (κ3) is 4.63. The van der Waals surface area contributed by atoms with Gasteiger partial charge in [0.25, 0.3) is 5.91 Å². The number of aryl methyl sites for hydroxylation is 1. The number of benzene rings is 1. The van der Waals surface area contributed by atoms with Crippen LogP contribution in [-0.2, 0) is 6.42 Å². The number of pyridine rings is 1. The van der Waals surface area contributed by atoms with Crippen molar-refractivity contribution in [3.05, 3.63) is 71.5 Å². The number of aromatic nitrogens is 2. The summed E-state index contributed by atoms with van der Waals surface area (Å²) in [5, 5.41) is 9.65. The normalized spacial score (nSPS) is 10.5. The number of carbonyl (C=O) groups is 1. The van der Waals surface area contributed by atoms with Crippen molar-refractivity contribution in [2.75, 3.05) is 11.9 Å². The van der Waals surface area contributed by atoms with E-state index in [9.17, 15) is 9.18 Å². The van der Waals surface area contributed by atoms with Crippen molar-refractivity contribution in [2.24, 2.45) is 0 Å². The highest BCUT2D eigenvalue weighted by Crippen LogP contribution is 2.15. The third-order valence-corrected chi connectivity index (χ3v) is 3.51. The van der Waals surface area contributed by atoms with Crippen LogP contribution >= 0.6 is 0 Å². The van der Waals surface area contributed by atoms with Crippen molar-refractivity contribution in [3.63, 3.8) is 0 Å². The number of nitrogens with zero attached hydrogens (tertiary/aromatic N) is 2. The van der Waals surface area contributed by atoms with Crippen molar-refractivity contribution in [1.82, 2.24) is 15.5 Å². The van der Waals surface area contributed by atoms with E-state index in [0.29, 0.717) is 35.9 Å². The molecule has 6 nitrogen and oxygen atoms in total. The topological polar surface area (TPSA) is 80.0 Å². The van der Waals surface area contributed by atoms with Crippen LogP contribution in [0.25, 0.3) is 0 Å². The van der Waals surface area contributed by atoms with Gasteiger partial charge in [0.2, 0.25) is 0 Å². The molecular weight excluding hydrogens is 323 g/mol. The molecule has 25 heavy (non-hydrogen) atoms. The number of anilines is 2. The summed E-state index contributed by atoms with van der Waals surface area (Å²) in [6.45, 7) is 2.25. The van der Waals surface area contributed by atoms with Crippen LogP contribution in [0, 0.1) is 12.7 Å². The lowest BCUT2D eigenvalue weighted by atomic mass is 10.1. The van der Waals surface area contributed by atoms with Crippen molar-refractivity contribution in [1.29, 1.82) is 0 Å². The van der Waals surface area contributed by atoms with E-state index in [-0.39, 0.29) is 11.7 Å². The predicted molar refractivity (Wildman–Crippen MR) is 91.2 cm³/mol. The third-order valence-electron chi connectivity index (χ3n) is 3.51. The molecule has 0 saturated carbocycles. The Hall–Kier alpha value is -3.22. The maximum absolute atomic E-state index is 12.8. The van der Waals surface area contributed by atoms with Crippen LogP contribution < -0.4 is 10.6 Å². The molecule has 0 unspecified atom stereocenters. The summed E-state index contributed by atoms with van der Waals surface area (Å²) in [5.41, 5.74) is 1.98. The average Bonchev–Trinajstić information content (AvgIpc) is 3.02. The Morgan fingerprint density at radius 3 is 2.64 bits per heavy atom. The Kier molecular flexibility index (Phi) is 5.03. The fourth-order valence-corrected chi connectivity index (χ4v) is 2.24. The van der Waals surface area contributed by atoms with Crippen molar-refractivity contribution < 1.29 is 13.7 Å². The Bertz CT molecular complexity index is 844. The number of halogens is 1. The van der Waals surface area contributed by atoms with E-state index in [0.717, 1.165) is 5.56 Å². The lowest BCUT2D eigenvalue weighted by Crippen LogP contribution is -2.26. The summed E-state index contributed by atoms with van der Waals surface area (Å²) in [6.07, 6.45) is 2.18. The molecule has 0 spiro atoms. The van der Waals surface area contributed by atoms with Gasteiger partial charge in [0.05, 0.1) is 11.9 Å². The van der Waals surface area contributed by atoms with Gasteiger partial charge in [0.15, 0.2) is 5.82 Å². The minimum atomic E-state index is -0.272. The number of rotatable bonds is 6. The summed E-state index contributed by atoms with van der Waals surface area (Å²) in [7, 11) is 0. The first-order chi connectivity index (χ1) is 12.1. The van der Waals surface area contributed by atoms with E-state index in [1.54, 1.807) is 43.5 Å². The second-order valence-electron chi connectivity index (χ2n) is 5.51. The van der Waals surface area contributed by atoms with Crippen molar-refractivity contribution in [3.8, 4) is 0 Å². The van der Waals surface area contributed by atoms with E-state index >= 15 is 0 Å². The number of amides is 1. The highest BCUT2D eigenvalue weighted by atomic mass is 19.1. The summed E-state index contributed by atoms with van der Waals surface area (Å²) in [4.78, 5) is 16.2. The van der Waals surface area contributed by atoms with Crippen LogP contribution in [0.3, 0.4) is 0 Å². The first-order valence-electron chi connectivity index (χ1n) is 7.79. The monoisotopic (exact) mass is 340 g/mol. The van der Waals surface area contributed by atoms with Crippen LogP contribution in [-0.4, -0.2) is 22.6 Å². The number of carbonyl (C=O) groups excluding carboxylic acids is 1. The van der Waals surface area contributed by atoms with E-state index in [1.807, 2.05) is 0 Å². The number of hydrogen-bond acceptors (Lipinski definition) is 5. The Morgan fingerprint density at radius 2 is 2.00 bits per heavy atom. The van der Waals surface area contributed by atoms with Crippen LogP contribution in [0.2, 0.25) is 0 Å². The summed E-state index contributed by atoms with van der Waals surface area (Å²) >= 11 is 0. The molecule has 3 rings (SSSR count).